The minimum Gasteiger partial charge on any atom is -0.481 e. The van der Waals surface area contributed by atoms with Crippen molar-refractivity contribution < 1.29 is 14.7 Å². The number of amides is 1. The molecule has 1 heterocycles. The SMILES string of the molecule is O=C(c1ccc(Cl)cc1)N1CC(CCl)(C(=O)O)C1. The summed E-state index contributed by atoms with van der Waals surface area (Å²) in [7, 11) is 0. The average Bonchev–Trinajstić information content (AvgIpc) is 2.28. The van der Waals surface area contributed by atoms with Gasteiger partial charge < -0.3 is 10.0 Å². The van der Waals surface area contributed by atoms with Crippen LogP contribution in [0.4, 0.5) is 0 Å². The molecule has 0 radical (unpaired) electrons. The first-order valence-electron chi connectivity index (χ1n) is 5.33. The highest BCUT2D eigenvalue weighted by Crippen LogP contribution is 2.33. The third kappa shape index (κ3) is 2.18. The first kappa shape index (κ1) is 13.2. The molecule has 2 rings (SSSR count). The lowest BCUT2D eigenvalue weighted by Gasteiger charge is -2.46. The lowest BCUT2D eigenvalue weighted by molar-refractivity contribution is -0.155. The Labute approximate surface area is 114 Å². The van der Waals surface area contributed by atoms with Crippen LogP contribution in [0.25, 0.3) is 0 Å². The average molecular weight is 288 g/mol. The molecule has 0 spiro atoms. The number of aliphatic carboxylic acids is 1. The second-order valence-electron chi connectivity index (χ2n) is 4.39. The number of hydrogen-bond acceptors (Lipinski definition) is 2. The van der Waals surface area contributed by atoms with Gasteiger partial charge >= 0.3 is 5.97 Å². The van der Waals surface area contributed by atoms with Gasteiger partial charge in [0, 0.05) is 29.6 Å². The van der Waals surface area contributed by atoms with Crippen LogP contribution in [-0.4, -0.2) is 40.9 Å². The van der Waals surface area contributed by atoms with E-state index in [4.69, 9.17) is 28.3 Å². The molecular weight excluding hydrogens is 277 g/mol. The third-order valence-corrected chi connectivity index (χ3v) is 3.84. The second kappa shape index (κ2) is 4.78. The first-order valence-corrected chi connectivity index (χ1v) is 6.24. The Balaban J connectivity index is 2.06. The highest BCUT2D eigenvalue weighted by Gasteiger charge is 2.50. The molecule has 0 bridgehead atoms. The van der Waals surface area contributed by atoms with Gasteiger partial charge in [0.05, 0.1) is 0 Å². The summed E-state index contributed by atoms with van der Waals surface area (Å²) < 4.78 is 0. The van der Waals surface area contributed by atoms with Crippen molar-refractivity contribution >= 4 is 35.1 Å². The Morgan fingerprint density at radius 1 is 1.28 bits per heavy atom. The normalized spacial score (nSPS) is 17.1. The van der Waals surface area contributed by atoms with Crippen molar-refractivity contribution in [3.8, 4) is 0 Å². The van der Waals surface area contributed by atoms with E-state index in [1.165, 1.54) is 4.90 Å². The summed E-state index contributed by atoms with van der Waals surface area (Å²) in [6.45, 7) is 0.292. The van der Waals surface area contributed by atoms with E-state index in [2.05, 4.69) is 0 Å². The van der Waals surface area contributed by atoms with E-state index in [9.17, 15) is 9.59 Å². The van der Waals surface area contributed by atoms with Gasteiger partial charge in [-0.2, -0.15) is 0 Å². The van der Waals surface area contributed by atoms with E-state index < -0.39 is 11.4 Å². The Hall–Kier alpha value is -1.26. The van der Waals surface area contributed by atoms with Crippen LogP contribution >= 0.6 is 23.2 Å². The molecule has 1 fully saturated rings. The zero-order valence-corrected chi connectivity index (χ0v) is 10.9. The third-order valence-electron chi connectivity index (χ3n) is 3.07. The summed E-state index contributed by atoms with van der Waals surface area (Å²) in [6.07, 6.45) is 0. The standard InChI is InChI=1S/C12H11Cl2NO3/c13-5-12(11(17)18)6-15(7-12)10(16)8-1-3-9(14)4-2-8/h1-4H,5-7H2,(H,17,18). The highest BCUT2D eigenvalue weighted by molar-refractivity contribution is 6.30. The summed E-state index contributed by atoms with van der Waals surface area (Å²) in [6, 6.07) is 6.49. The van der Waals surface area contributed by atoms with Gasteiger partial charge in [-0.25, -0.2) is 0 Å². The molecule has 96 valence electrons. The quantitative estimate of drug-likeness (QED) is 0.867. The van der Waals surface area contributed by atoms with Crippen molar-refractivity contribution in [1.82, 2.24) is 4.90 Å². The largest absolute Gasteiger partial charge is 0.481 e. The maximum absolute atomic E-state index is 12.0. The first-order chi connectivity index (χ1) is 8.48. The summed E-state index contributed by atoms with van der Waals surface area (Å²) in [5, 5.41) is 9.60. The number of rotatable bonds is 3. The Morgan fingerprint density at radius 3 is 2.28 bits per heavy atom. The van der Waals surface area contributed by atoms with E-state index in [0.29, 0.717) is 10.6 Å². The van der Waals surface area contributed by atoms with Gasteiger partial charge in [0.25, 0.3) is 5.91 Å². The number of carbonyl (C=O) groups excluding carboxylic acids is 1. The lowest BCUT2D eigenvalue weighted by Crippen LogP contribution is -2.63. The van der Waals surface area contributed by atoms with E-state index >= 15 is 0 Å². The van der Waals surface area contributed by atoms with Gasteiger partial charge in [-0.1, -0.05) is 11.6 Å². The Bertz CT molecular complexity index is 481. The molecule has 1 amide bonds. The van der Waals surface area contributed by atoms with Crippen molar-refractivity contribution in [2.75, 3.05) is 19.0 Å². The van der Waals surface area contributed by atoms with Gasteiger partial charge in [-0.3, -0.25) is 9.59 Å². The van der Waals surface area contributed by atoms with E-state index in [0.717, 1.165) is 0 Å². The molecule has 1 aliphatic rings. The number of carbonyl (C=O) groups is 2. The van der Waals surface area contributed by atoms with E-state index in [1.807, 2.05) is 0 Å². The van der Waals surface area contributed by atoms with Crippen molar-refractivity contribution in [1.29, 1.82) is 0 Å². The van der Waals surface area contributed by atoms with Gasteiger partial charge in [0.15, 0.2) is 0 Å². The summed E-state index contributed by atoms with van der Waals surface area (Å²) in [5.41, 5.74) is -0.503. The van der Waals surface area contributed by atoms with Crippen molar-refractivity contribution in [2.24, 2.45) is 5.41 Å². The number of carboxylic acids is 1. The molecule has 0 aromatic heterocycles. The number of likely N-dealkylation sites (tertiary alicyclic amines) is 1. The number of nitrogens with zero attached hydrogens (tertiary/aromatic N) is 1. The van der Waals surface area contributed by atoms with Gasteiger partial charge in [0.2, 0.25) is 0 Å². The monoisotopic (exact) mass is 287 g/mol. The van der Waals surface area contributed by atoms with Crippen LogP contribution in [0.5, 0.6) is 0 Å². The van der Waals surface area contributed by atoms with Crippen LogP contribution in [0, 0.1) is 5.41 Å². The van der Waals surface area contributed by atoms with Gasteiger partial charge in [-0.15, -0.1) is 11.6 Å². The fourth-order valence-electron chi connectivity index (χ4n) is 1.88. The molecule has 1 aromatic carbocycles. The summed E-state index contributed by atoms with van der Waals surface area (Å²) in [5.74, 6) is -1.15. The van der Waals surface area contributed by atoms with Crippen LogP contribution in [-0.2, 0) is 4.79 Å². The van der Waals surface area contributed by atoms with Crippen LogP contribution in [0.15, 0.2) is 24.3 Å². The van der Waals surface area contributed by atoms with E-state index in [-0.39, 0.29) is 24.9 Å². The van der Waals surface area contributed by atoms with Gasteiger partial charge in [-0.05, 0) is 24.3 Å². The van der Waals surface area contributed by atoms with Crippen LogP contribution in [0.1, 0.15) is 10.4 Å². The zero-order chi connectivity index (χ0) is 13.3. The molecule has 0 saturated carbocycles. The maximum Gasteiger partial charge on any atom is 0.314 e. The predicted octanol–water partition coefficient (Wildman–Crippen LogP) is 2.11. The number of benzene rings is 1. The number of halogens is 2. The molecule has 6 heteroatoms. The molecule has 0 atom stereocenters. The highest BCUT2D eigenvalue weighted by atomic mass is 35.5. The molecule has 1 aromatic rings. The summed E-state index contributed by atoms with van der Waals surface area (Å²) in [4.78, 5) is 24.5. The Morgan fingerprint density at radius 2 is 1.83 bits per heavy atom. The van der Waals surface area contributed by atoms with Crippen LogP contribution in [0.3, 0.4) is 0 Å². The smallest absolute Gasteiger partial charge is 0.314 e. The predicted molar refractivity (Wildman–Crippen MR) is 68.1 cm³/mol. The lowest BCUT2D eigenvalue weighted by atomic mass is 9.81. The zero-order valence-electron chi connectivity index (χ0n) is 9.40. The minimum absolute atomic E-state index is 0.00668. The van der Waals surface area contributed by atoms with Crippen LogP contribution < -0.4 is 0 Å². The minimum atomic E-state index is -0.996. The molecule has 18 heavy (non-hydrogen) atoms. The molecule has 1 aliphatic heterocycles. The maximum atomic E-state index is 12.0. The van der Waals surface area contributed by atoms with Crippen LogP contribution in [0.2, 0.25) is 5.02 Å². The molecule has 4 nitrogen and oxygen atoms in total. The Kier molecular flexibility index (Phi) is 3.50. The second-order valence-corrected chi connectivity index (χ2v) is 5.09. The molecular formula is C12H11Cl2NO3. The number of alkyl halides is 1. The fourth-order valence-corrected chi connectivity index (χ4v) is 2.29. The fraction of sp³-hybridized carbons (Fsp3) is 0.333. The van der Waals surface area contributed by atoms with E-state index in [1.54, 1.807) is 24.3 Å². The molecule has 1 N–H and O–H groups in total. The molecule has 0 aliphatic carbocycles. The molecule has 1 saturated heterocycles. The van der Waals surface area contributed by atoms with Crippen molar-refractivity contribution in [2.45, 2.75) is 0 Å². The molecule has 0 unspecified atom stereocenters. The van der Waals surface area contributed by atoms with Gasteiger partial charge in [0.1, 0.15) is 5.41 Å². The topological polar surface area (TPSA) is 57.6 Å². The number of hydrogen-bond donors (Lipinski definition) is 1. The van der Waals surface area contributed by atoms with Crippen molar-refractivity contribution in [3.63, 3.8) is 0 Å². The number of carboxylic acid groups (broad SMARTS) is 1. The summed E-state index contributed by atoms with van der Waals surface area (Å²) >= 11 is 11.4. The van der Waals surface area contributed by atoms with Crippen molar-refractivity contribution in [3.05, 3.63) is 34.9 Å².